The van der Waals surface area contributed by atoms with Crippen LogP contribution in [-0.2, 0) is 6.54 Å². The van der Waals surface area contributed by atoms with Crippen LogP contribution in [0.5, 0.6) is 0 Å². The Morgan fingerprint density at radius 3 is 2.73 bits per heavy atom. The Morgan fingerprint density at radius 2 is 2.09 bits per heavy atom. The molecule has 1 aliphatic rings. The Labute approximate surface area is 134 Å². The molecular formula is C14H18ClN5O2. The fraction of sp³-hybridized carbons (Fsp3) is 0.357. The molecule has 1 aromatic carbocycles. The van der Waals surface area contributed by atoms with E-state index in [1.165, 1.54) is 0 Å². The summed E-state index contributed by atoms with van der Waals surface area (Å²) in [5, 5.41) is 3.98. The van der Waals surface area contributed by atoms with Gasteiger partial charge in [0.05, 0.1) is 0 Å². The van der Waals surface area contributed by atoms with E-state index in [1.807, 2.05) is 24.3 Å². The maximum Gasteiger partial charge on any atom is 0.315 e. The van der Waals surface area contributed by atoms with Crippen LogP contribution in [-0.4, -0.2) is 27.6 Å². The number of carbonyl (C=O) groups excluding carboxylic acids is 1. The van der Waals surface area contributed by atoms with E-state index in [2.05, 4.69) is 10.1 Å². The topological polar surface area (TPSA) is 111 Å². The van der Waals surface area contributed by atoms with Crippen LogP contribution in [0.15, 0.2) is 28.8 Å². The molecule has 2 heterocycles. The van der Waals surface area contributed by atoms with Crippen molar-refractivity contribution in [3.05, 3.63) is 35.7 Å². The van der Waals surface area contributed by atoms with E-state index in [0.29, 0.717) is 24.8 Å². The van der Waals surface area contributed by atoms with E-state index >= 15 is 0 Å². The van der Waals surface area contributed by atoms with Crippen LogP contribution in [0.2, 0.25) is 0 Å². The van der Waals surface area contributed by atoms with Crippen LogP contribution < -0.4 is 11.5 Å². The van der Waals surface area contributed by atoms with Crippen molar-refractivity contribution in [1.29, 1.82) is 0 Å². The van der Waals surface area contributed by atoms with Crippen molar-refractivity contribution in [3.8, 4) is 11.4 Å². The maximum absolute atomic E-state index is 11.4. The largest absolute Gasteiger partial charge is 0.351 e. The first-order valence-electron chi connectivity index (χ1n) is 6.88. The Balaban J connectivity index is 0.00000176. The van der Waals surface area contributed by atoms with E-state index < -0.39 is 6.03 Å². The summed E-state index contributed by atoms with van der Waals surface area (Å²) in [7, 11) is 0. The quantitative estimate of drug-likeness (QED) is 0.895. The van der Waals surface area contributed by atoms with Gasteiger partial charge in [-0.25, -0.2) is 4.79 Å². The molecule has 1 saturated heterocycles. The molecule has 4 N–H and O–H groups in total. The Morgan fingerprint density at radius 1 is 1.36 bits per heavy atom. The van der Waals surface area contributed by atoms with Gasteiger partial charge in [0, 0.05) is 18.7 Å². The molecule has 0 saturated carbocycles. The number of benzene rings is 1. The number of hydrogen-bond acceptors (Lipinski definition) is 5. The molecule has 22 heavy (non-hydrogen) atoms. The monoisotopic (exact) mass is 323 g/mol. The Bertz CT molecular complexity index is 643. The summed E-state index contributed by atoms with van der Waals surface area (Å²) < 4.78 is 5.30. The minimum Gasteiger partial charge on any atom is -0.351 e. The molecule has 0 bridgehead atoms. The fourth-order valence-electron chi connectivity index (χ4n) is 2.56. The molecule has 1 aliphatic heterocycles. The van der Waals surface area contributed by atoms with Crippen LogP contribution >= 0.6 is 12.4 Å². The third-order valence-electron chi connectivity index (χ3n) is 3.71. The number of likely N-dealkylation sites (tertiary alicyclic amines) is 1. The zero-order valence-corrected chi connectivity index (χ0v) is 12.8. The summed E-state index contributed by atoms with van der Waals surface area (Å²) in [5.41, 5.74) is 12.8. The molecule has 7 nitrogen and oxygen atoms in total. The molecule has 0 aliphatic carbocycles. The van der Waals surface area contributed by atoms with E-state index in [0.717, 1.165) is 24.0 Å². The molecule has 1 atom stereocenters. The summed E-state index contributed by atoms with van der Waals surface area (Å²) in [6.07, 6.45) is 1.67. The number of aromatic nitrogens is 2. The average Bonchev–Trinajstić information content (AvgIpc) is 3.16. The molecule has 8 heteroatoms. The van der Waals surface area contributed by atoms with Gasteiger partial charge in [0.1, 0.15) is 6.04 Å². The van der Waals surface area contributed by atoms with E-state index in [-0.39, 0.29) is 18.4 Å². The molecule has 0 unspecified atom stereocenters. The van der Waals surface area contributed by atoms with Crippen molar-refractivity contribution in [2.75, 3.05) is 6.54 Å². The highest BCUT2D eigenvalue weighted by Gasteiger charge is 2.33. The predicted octanol–water partition coefficient (Wildman–Crippen LogP) is 1.83. The third kappa shape index (κ3) is 3.05. The molecule has 2 amide bonds. The number of rotatable bonds is 3. The molecular weight excluding hydrogens is 306 g/mol. The zero-order chi connectivity index (χ0) is 14.8. The highest BCUT2D eigenvalue weighted by Crippen LogP contribution is 2.31. The zero-order valence-electron chi connectivity index (χ0n) is 11.9. The number of halogens is 1. The molecule has 118 valence electrons. The summed E-state index contributed by atoms with van der Waals surface area (Å²) in [5.74, 6) is 0.939. The Kier molecular flexibility index (Phi) is 4.99. The van der Waals surface area contributed by atoms with E-state index in [4.69, 9.17) is 16.0 Å². The lowest BCUT2D eigenvalue weighted by molar-refractivity contribution is 0.189. The lowest BCUT2D eigenvalue weighted by Crippen LogP contribution is -2.35. The van der Waals surface area contributed by atoms with Crippen LogP contribution in [0.3, 0.4) is 0 Å². The molecule has 1 fully saturated rings. The first kappa shape index (κ1) is 16.3. The predicted molar refractivity (Wildman–Crippen MR) is 83.1 cm³/mol. The third-order valence-corrected chi connectivity index (χ3v) is 3.71. The van der Waals surface area contributed by atoms with Gasteiger partial charge in [0.15, 0.2) is 0 Å². The number of nitrogens with two attached hydrogens (primary N) is 2. The standard InChI is InChI=1S/C14H17N5O2.ClH/c15-8-9-3-5-10(6-4-9)12-17-13(21-18-12)11-2-1-7-19(11)14(16)20;/h3-6,11H,1-2,7-8,15H2,(H2,16,20);1H/t11-;/m0./s1. The Hall–Kier alpha value is -2.12. The molecule has 3 rings (SSSR count). The smallest absolute Gasteiger partial charge is 0.315 e. The van der Waals surface area contributed by atoms with Crippen molar-refractivity contribution in [3.63, 3.8) is 0 Å². The molecule has 2 aromatic rings. The second-order valence-corrected chi connectivity index (χ2v) is 5.05. The fourth-order valence-corrected chi connectivity index (χ4v) is 2.56. The summed E-state index contributed by atoms with van der Waals surface area (Å²) in [4.78, 5) is 17.3. The van der Waals surface area contributed by atoms with Gasteiger partial charge in [-0.15, -0.1) is 12.4 Å². The second-order valence-electron chi connectivity index (χ2n) is 5.05. The first-order chi connectivity index (χ1) is 10.2. The molecule has 0 spiro atoms. The summed E-state index contributed by atoms with van der Waals surface area (Å²) in [6.45, 7) is 1.12. The maximum atomic E-state index is 11.4. The first-order valence-corrected chi connectivity index (χ1v) is 6.88. The number of primary amides is 1. The van der Waals surface area contributed by atoms with Gasteiger partial charge in [-0.2, -0.15) is 4.98 Å². The molecule has 1 aromatic heterocycles. The van der Waals surface area contributed by atoms with Crippen LogP contribution in [0.4, 0.5) is 4.79 Å². The van der Waals surface area contributed by atoms with Gasteiger partial charge in [-0.1, -0.05) is 29.4 Å². The lowest BCUT2D eigenvalue weighted by Gasteiger charge is -2.18. The van der Waals surface area contributed by atoms with Crippen molar-refractivity contribution in [2.45, 2.75) is 25.4 Å². The number of nitrogens with zero attached hydrogens (tertiary/aromatic N) is 3. The number of urea groups is 1. The van der Waals surface area contributed by atoms with Crippen molar-refractivity contribution >= 4 is 18.4 Å². The highest BCUT2D eigenvalue weighted by molar-refractivity contribution is 5.85. The molecule has 0 radical (unpaired) electrons. The highest BCUT2D eigenvalue weighted by atomic mass is 35.5. The minimum atomic E-state index is -0.454. The van der Waals surface area contributed by atoms with Gasteiger partial charge >= 0.3 is 6.03 Å². The van der Waals surface area contributed by atoms with Crippen LogP contribution in [0, 0.1) is 0 Å². The van der Waals surface area contributed by atoms with Crippen molar-refractivity contribution in [1.82, 2.24) is 15.0 Å². The van der Waals surface area contributed by atoms with E-state index in [9.17, 15) is 4.79 Å². The van der Waals surface area contributed by atoms with Gasteiger partial charge in [0.2, 0.25) is 11.7 Å². The average molecular weight is 324 g/mol. The van der Waals surface area contributed by atoms with Crippen LogP contribution in [0.1, 0.15) is 30.3 Å². The van der Waals surface area contributed by atoms with Gasteiger partial charge in [-0.3, -0.25) is 0 Å². The SMILES string of the molecule is Cl.NCc1ccc(-c2noc([C@@H]3CCCN3C(N)=O)n2)cc1. The number of hydrogen-bond donors (Lipinski definition) is 2. The van der Waals surface area contributed by atoms with Gasteiger partial charge in [-0.05, 0) is 18.4 Å². The van der Waals surface area contributed by atoms with Gasteiger partial charge < -0.3 is 20.9 Å². The number of carbonyl (C=O) groups is 1. The summed E-state index contributed by atoms with van der Waals surface area (Å²) >= 11 is 0. The normalized spacial score (nSPS) is 17.3. The minimum absolute atomic E-state index is 0. The summed E-state index contributed by atoms with van der Waals surface area (Å²) in [6, 6.07) is 6.98. The number of amides is 2. The van der Waals surface area contributed by atoms with Gasteiger partial charge in [0.25, 0.3) is 0 Å². The van der Waals surface area contributed by atoms with Crippen LogP contribution in [0.25, 0.3) is 11.4 Å². The lowest BCUT2D eigenvalue weighted by atomic mass is 10.1. The second kappa shape index (κ2) is 6.76. The van der Waals surface area contributed by atoms with Crippen molar-refractivity contribution in [2.24, 2.45) is 11.5 Å². The van der Waals surface area contributed by atoms with E-state index in [1.54, 1.807) is 4.90 Å². The van der Waals surface area contributed by atoms with Crippen molar-refractivity contribution < 1.29 is 9.32 Å².